The normalized spacial score (nSPS) is 14.8. The predicted molar refractivity (Wildman–Crippen MR) is 125 cm³/mol. The van der Waals surface area contributed by atoms with Crippen molar-refractivity contribution < 1.29 is 18.9 Å². The van der Waals surface area contributed by atoms with E-state index >= 15 is 0 Å². The second-order valence-corrected chi connectivity index (χ2v) is 8.42. The third kappa shape index (κ3) is 4.05. The van der Waals surface area contributed by atoms with Crippen molar-refractivity contribution in [1.82, 2.24) is 10.2 Å². The predicted octanol–water partition coefficient (Wildman–Crippen LogP) is 4.25. The lowest BCUT2D eigenvalue weighted by Gasteiger charge is -2.26. The standard InChI is InChI=1S/C24H24N4O4S/c1-13-5-7-14(8-6-13)33-12-17-20-19(16(11-25)23(26)32-24(20)28-27-17)15-9-10-18(29-2)22(31-4)21(15)30-3/h5-10,19H,12,26H2,1-4H3,(H,27,28)/t19-/m1/s1. The Morgan fingerprint density at radius 1 is 1.09 bits per heavy atom. The van der Waals surface area contributed by atoms with Gasteiger partial charge in [0.1, 0.15) is 11.6 Å². The SMILES string of the molecule is COc1ccc([C@@H]2C(C#N)=C(N)Oc3n[nH]c(CSc4ccc(C)cc4)c32)c(OC)c1OC. The summed E-state index contributed by atoms with van der Waals surface area (Å²) in [5.74, 6) is 1.79. The van der Waals surface area contributed by atoms with Crippen LogP contribution in [0.25, 0.3) is 0 Å². The lowest BCUT2D eigenvalue weighted by atomic mass is 9.83. The van der Waals surface area contributed by atoms with Crippen molar-refractivity contribution in [1.29, 1.82) is 5.26 Å². The van der Waals surface area contributed by atoms with Crippen LogP contribution in [0.1, 0.15) is 28.3 Å². The van der Waals surface area contributed by atoms with Gasteiger partial charge in [-0.15, -0.1) is 16.9 Å². The number of aryl methyl sites for hydroxylation is 1. The van der Waals surface area contributed by atoms with Crippen LogP contribution in [0.5, 0.6) is 23.1 Å². The van der Waals surface area contributed by atoms with E-state index in [2.05, 4.69) is 47.5 Å². The molecule has 1 aromatic heterocycles. The highest BCUT2D eigenvalue weighted by Crippen LogP contribution is 2.50. The number of hydrogen-bond donors (Lipinski definition) is 2. The summed E-state index contributed by atoms with van der Waals surface area (Å²) in [5, 5.41) is 17.4. The molecule has 0 saturated heterocycles. The number of nitrogens with zero attached hydrogens (tertiary/aromatic N) is 2. The second kappa shape index (κ2) is 9.38. The van der Waals surface area contributed by atoms with E-state index in [0.29, 0.717) is 34.4 Å². The zero-order valence-electron chi connectivity index (χ0n) is 18.8. The molecule has 0 unspecified atom stereocenters. The molecule has 0 saturated carbocycles. The number of rotatable bonds is 7. The number of allylic oxidation sites excluding steroid dienone is 1. The number of methoxy groups -OCH3 is 3. The molecule has 3 N–H and O–H groups in total. The molecule has 0 aliphatic carbocycles. The minimum atomic E-state index is -0.555. The number of aromatic amines is 1. The molecule has 2 heterocycles. The van der Waals surface area contributed by atoms with Crippen molar-refractivity contribution in [2.45, 2.75) is 23.5 Å². The third-order valence-corrected chi connectivity index (χ3v) is 6.51. The molecule has 2 aromatic carbocycles. The molecular formula is C24H24N4O4S. The van der Waals surface area contributed by atoms with Crippen molar-refractivity contribution in [2.24, 2.45) is 5.73 Å². The quantitative estimate of drug-likeness (QED) is 0.499. The van der Waals surface area contributed by atoms with Crippen molar-refractivity contribution in [3.05, 3.63) is 70.2 Å². The topological polar surface area (TPSA) is 115 Å². The zero-order valence-corrected chi connectivity index (χ0v) is 19.6. The van der Waals surface area contributed by atoms with E-state index in [-0.39, 0.29) is 11.5 Å². The Kier molecular flexibility index (Phi) is 6.38. The summed E-state index contributed by atoms with van der Waals surface area (Å²) in [7, 11) is 4.64. The van der Waals surface area contributed by atoms with Gasteiger partial charge in [-0.25, -0.2) is 0 Å². The first kappa shape index (κ1) is 22.4. The fraction of sp³-hybridized carbons (Fsp3) is 0.250. The second-order valence-electron chi connectivity index (χ2n) is 7.37. The van der Waals surface area contributed by atoms with Gasteiger partial charge in [0.05, 0.1) is 38.5 Å². The number of nitrogens with two attached hydrogens (primary N) is 1. The number of thioether (sulfide) groups is 1. The Hall–Kier alpha value is -3.77. The summed E-state index contributed by atoms with van der Waals surface area (Å²) >= 11 is 1.66. The van der Waals surface area contributed by atoms with Gasteiger partial charge in [0.25, 0.3) is 0 Å². The van der Waals surface area contributed by atoms with Gasteiger partial charge in [0.15, 0.2) is 11.5 Å². The molecular weight excluding hydrogens is 440 g/mol. The molecule has 0 radical (unpaired) electrons. The van der Waals surface area contributed by atoms with Gasteiger partial charge in [-0.1, -0.05) is 23.8 Å². The van der Waals surface area contributed by atoms with Crippen molar-refractivity contribution in [2.75, 3.05) is 21.3 Å². The maximum Gasteiger partial charge on any atom is 0.244 e. The van der Waals surface area contributed by atoms with Crippen molar-refractivity contribution >= 4 is 11.8 Å². The molecule has 0 amide bonds. The van der Waals surface area contributed by atoms with Crippen LogP contribution in [0, 0.1) is 18.3 Å². The molecule has 1 aliphatic rings. The Labute approximate surface area is 196 Å². The number of aromatic nitrogens is 2. The molecule has 33 heavy (non-hydrogen) atoms. The molecule has 4 rings (SSSR count). The molecule has 1 aliphatic heterocycles. The minimum absolute atomic E-state index is 0.0103. The van der Waals surface area contributed by atoms with Crippen LogP contribution in [-0.4, -0.2) is 31.5 Å². The molecule has 0 fully saturated rings. The van der Waals surface area contributed by atoms with E-state index < -0.39 is 5.92 Å². The maximum atomic E-state index is 9.97. The van der Waals surface area contributed by atoms with E-state index in [1.165, 1.54) is 12.7 Å². The summed E-state index contributed by atoms with van der Waals surface area (Å²) in [6, 6.07) is 14.1. The third-order valence-electron chi connectivity index (χ3n) is 5.47. The highest BCUT2D eigenvalue weighted by molar-refractivity contribution is 7.98. The molecule has 0 spiro atoms. The van der Waals surface area contributed by atoms with Crippen LogP contribution in [0.15, 0.2) is 52.7 Å². The largest absolute Gasteiger partial charge is 0.493 e. The first-order chi connectivity index (χ1) is 16.0. The minimum Gasteiger partial charge on any atom is -0.493 e. The summed E-state index contributed by atoms with van der Waals surface area (Å²) in [5.41, 5.74) is 9.86. The van der Waals surface area contributed by atoms with Gasteiger partial charge in [-0.05, 0) is 25.1 Å². The van der Waals surface area contributed by atoms with E-state index in [0.717, 1.165) is 16.2 Å². The van der Waals surface area contributed by atoms with Gasteiger partial charge in [-0.2, -0.15) is 5.26 Å². The van der Waals surface area contributed by atoms with Crippen LogP contribution < -0.4 is 24.7 Å². The van der Waals surface area contributed by atoms with Crippen LogP contribution in [0.3, 0.4) is 0 Å². The van der Waals surface area contributed by atoms with Gasteiger partial charge >= 0.3 is 0 Å². The lowest BCUT2D eigenvalue weighted by Crippen LogP contribution is -2.21. The smallest absolute Gasteiger partial charge is 0.244 e. The van der Waals surface area contributed by atoms with Crippen molar-refractivity contribution in [3.63, 3.8) is 0 Å². The van der Waals surface area contributed by atoms with E-state index in [1.807, 2.05) is 6.07 Å². The number of nitrogens with one attached hydrogen (secondary N) is 1. The van der Waals surface area contributed by atoms with Crippen molar-refractivity contribution in [3.8, 4) is 29.2 Å². The van der Waals surface area contributed by atoms with Crippen LogP contribution in [0.4, 0.5) is 0 Å². The summed E-state index contributed by atoms with van der Waals surface area (Å²) in [6.45, 7) is 2.05. The first-order valence-corrected chi connectivity index (χ1v) is 11.1. The highest BCUT2D eigenvalue weighted by atomic mass is 32.2. The molecule has 8 nitrogen and oxygen atoms in total. The average Bonchev–Trinajstić information content (AvgIpc) is 3.23. The van der Waals surface area contributed by atoms with Gasteiger partial charge < -0.3 is 24.7 Å². The summed E-state index contributed by atoms with van der Waals surface area (Å²) in [6.07, 6.45) is 0. The molecule has 170 valence electrons. The fourth-order valence-electron chi connectivity index (χ4n) is 3.87. The monoisotopic (exact) mass is 464 g/mol. The lowest BCUT2D eigenvalue weighted by molar-refractivity contribution is 0.321. The average molecular weight is 465 g/mol. The van der Waals surface area contributed by atoms with Gasteiger partial charge in [-0.3, -0.25) is 5.10 Å². The maximum absolute atomic E-state index is 9.97. The molecule has 1 atom stereocenters. The Balaban J connectivity index is 1.82. The number of fused-ring (bicyclic) bond motifs is 1. The first-order valence-electron chi connectivity index (χ1n) is 10.1. The number of ether oxygens (including phenoxy) is 4. The van der Waals surface area contributed by atoms with E-state index in [1.54, 1.807) is 32.0 Å². The Morgan fingerprint density at radius 3 is 2.45 bits per heavy atom. The molecule has 9 heteroatoms. The number of H-pyrrole nitrogens is 1. The number of nitriles is 1. The van der Waals surface area contributed by atoms with Gasteiger partial charge in [0.2, 0.25) is 17.5 Å². The molecule has 3 aromatic rings. The van der Waals surface area contributed by atoms with Crippen LogP contribution in [-0.2, 0) is 5.75 Å². The number of benzene rings is 2. The zero-order chi connectivity index (χ0) is 23.5. The highest BCUT2D eigenvalue weighted by Gasteiger charge is 2.38. The number of hydrogen-bond acceptors (Lipinski definition) is 8. The molecule has 0 bridgehead atoms. The van der Waals surface area contributed by atoms with Gasteiger partial charge in [0, 0.05) is 16.2 Å². The van der Waals surface area contributed by atoms with E-state index in [4.69, 9.17) is 24.7 Å². The Bertz CT molecular complexity index is 1240. The van der Waals surface area contributed by atoms with E-state index in [9.17, 15) is 5.26 Å². The fourth-order valence-corrected chi connectivity index (χ4v) is 4.73. The van der Waals surface area contributed by atoms with Crippen LogP contribution >= 0.6 is 11.8 Å². The summed E-state index contributed by atoms with van der Waals surface area (Å²) < 4.78 is 22.4. The summed E-state index contributed by atoms with van der Waals surface area (Å²) in [4.78, 5) is 1.12. The Morgan fingerprint density at radius 2 is 1.82 bits per heavy atom. The van der Waals surface area contributed by atoms with Crippen LogP contribution in [0.2, 0.25) is 0 Å².